The maximum atomic E-state index is 12.7. The number of fused-ring (bicyclic) bond motifs is 1. The van der Waals surface area contributed by atoms with Crippen LogP contribution >= 0.6 is 11.3 Å². The van der Waals surface area contributed by atoms with Crippen molar-refractivity contribution in [1.29, 1.82) is 0 Å². The van der Waals surface area contributed by atoms with Crippen LogP contribution in [0.1, 0.15) is 52.5 Å². The summed E-state index contributed by atoms with van der Waals surface area (Å²) in [6, 6.07) is 16.9. The number of carbonyl (C=O) groups excluding carboxylic acids is 1. The third-order valence-electron chi connectivity index (χ3n) is 4.47. The molecule has 1 heterocycles. The van der Waals surface area contributed by atoms with Crippen molar-refractivity contribution in [3.63, 3.8) is 0 Å². The van der Waals surface area contributed by atoms with Crippen LogP contribution < -0.4 is 5.32 Å². The van der Waals surface area contributed by atoms with Crippen LogP contribution in [0.25, 0.3) is 10.1 Å². The Hall–Kier alpha value is -2.13. The van der Waals surface area contributed by atoms with Gasteiger partial charge in [-0.25, -0.2) is 0 Å². The van der Waals surface area contributed by atoms with Gasteiger partial charge in [0.2, 0.25) is 0 Å². The number of hydrogen-bond acceptors (Lipinski definition) is 2. The average molecular weight is 352 g/mol. The summed E-state index contributed by atoms with van der Waals surface area (Å²) >= 11 is 1.61. The van der Waals surface area contributed by atoms with Crippen molar-refractivity contribution in [2.24, 2.45) is 0 Å². The highest BCUT2D eigenvalue weighted by molar-refractivity contribution is 7.21. The number of rotatable bonds is 7. The van der Waals surface area contributed by atoms with Gasteiger partial charge in [0.1, 0.15) is 0 Å². The Bertz CT molecular complexity index is 848. The molecule has 1 aromatic heterocycles. The fourth-order valence-electron chi connectivity index (χ4n) is 3.02. The molecule has 1 amide bonds. The number of aryl methyl sites for hydroxylation is 1. The van der Waals surface area contributed by atoms with Crippen LogP contribution in [0.2, 0.25) is 0 Å². The molecule has 0 spiro atoms. The lowest BCUT2D eigenvalue weighted by atomic mass is 10.0. The lowest BCUT2D eigenvalue weighted by Crippen LogP contribution is -2.24. The lowest BCUT2D eigenvalue weighted by Gasteiger charge is -2.07. The average Bonchev–Trinajstić information content (AvgIpc) is 2.99. The van der Waals surface area contributed by atoms with Gasteiger partial charge in [0.15, 0.2) is 0 Å². The van der Waals surface area contributed by atoms with E-state index in [2.05, 4.69) is 61.6 Å². The van der Waals surface area contributed by atoms with Gasteiger partial charge in [0, 0.05) is 11.2 Å². The quantitative estimate of drug-likeness (QED) is 0.542. The Labute approximate surface area is 153 Å². The second-order valence-corrected chi connectivity index (χ2v) is 7.58. The third-order valence-corrected chi connectivity index (χ3v) is 5.68. The molecular weight excluding hydrogens is 326 g/mol. The summed E-state index contributed by atoms with van der Waals surface area (Å²) in [6.07, 6.45) is 4.16. The van der Waals surface area contributed by atoms with Crippen LogP contribution in [0, 0.1) is 6.92 Å². The van der Waals surface area contributed by atoms with Gasteiger partial charge in [-0.05, 0) is 42.3 Å². The number of nitrogens with one attached hydrogen (secondary N) is 1. The van der Waals surface area contributed by atoms with Crippen molar-refractivity contribution in [2.45, 2.75) is 39.5 Å². The van der Waals surface area contributed by atoms with Gasteiger partial charge in [-0.2, -0.15) is 0 Å². The van der Waals surface area contributed by atoms with E-state index in [0.29, 0.717) is 0 Å². The molecule has 0 saturated carbocycles. The molecule has 0 aliphatic carbocycles. The second-order valence-electron chi connectivity index (χ2n) is 6.53. The molecule has 2 nitrogen and oxygen atoms in total. The van der Waals surface area contributed by atoms with E-state index in [4.69, 9.17) is 0 Å². The standard InChI is InChI=1S/C22H25NOS/c1-3-4-7-14-23-22(24)21-19(15-17-12-10-16(2)11-13-17)18-8-5-6-9-20(18)25-21/h5-6,8-13H,3-4,7,14-15H2,1-2H3,(H,23,24). The molecule has 3 aromatic rings. The summed E-state index contributed by atoms with van der Waals surface area (Å²) < 4.78 is 1.18. The molecule has 0 fully saturated rings. The highest BCUT2D eigenvalue weighted by Crippen LogP contribution is 2.33. The van der Waals surface area contributed by atoms with Gasteiger partial charge in [-0.3, -0.25) is 4.79 Å². The minimum Gasteiger partial charge on any atom is -0.351 e. The highest BCUT2D eigenvalue weighted by atomic mass is 32.1. The van der Waals surface area contributed by atoms with Crippen LogP contribution in [0.4, 0.5) is 0 Å². The van der Waals surface area contributed by atoms with Gasteiger partial charge in [0.25, 0.3) is 5.91 Å². The molecule has 0 bridgehead atoms. The monoisotopic (exact) mass is 351 g/mol. The molecule has 130 valence electrons. The summed E-state index contributed by atoms with van der Waals surface area (Å²) in [5.41, 5.74) is 3.65. The van der Waals surface area contributed by atoms with Crippen LogP contribution in [-0.4, -0.2) is 12.5 Å². The van der Waals surface area contributed by atoms with Gasteiger partial charge < -0.3 is 5.32 Å². The van der Waals surface area contributed by atoms with Crippen molar-refractivity contribution in [2.75, 3.05) is 6.54 Å². The Morgan fingerprint density at radius 2 is 1.80 bits per heavy atom. The predicted octanol–water partition coefficient (Wildman–Crippen LogP) is 5.72. The summed E-state index contributed by atoms with van der Waals surface area (Å²) in [5.74, 6) is 0.0689. The first-order valence-electron chi connectivity index (χ1n) is 9.03. The SMILES string of the molecule is CCCCCNC(=O)c1sc2ccccc2c1Cc1ccc(C)cc1. The first-order valence-corrected chi connectivity index (χ1v) is 9.85. The van der Waals surface area contributed by atoms with E-state index in [0.717, 1.165) is 42.7 Å². The predicted molar refractivity (Wildman–Crippen MR) is 108 cm³/mol. The molecule has 0 aliphatic rings. The summed E-state index contributed by atoms with van der Waals surface area (Å²) in [4.78, 5) is 13.6. The molecule has 0 unspecified atom stereocenters. The molecule has 1 N–H and O–H groups in total. The van der Waals surface area contributed by atoms with E-state index in [1.54, 1.807) is 11.3 Å². The Morgan fingerprint density at radius 3 is 2.56 bits per heavy atom. The van der Waals surface area contributed by atoms with Crippen LogP contribution in [-0.2, 0) is 6.42 Å². The third kappa shape index (κ3) is 4.29. The van der Waals surface area contributed by atoms with Crippen molar-refractivity contribution in [1.82, 2.24) is 5.32 Å². The number of thiophene rings is 1. The zero-order chi connectivity index (χ0) is 17.6. The van der Waals surface area contributed by atoms with Crippen molar-refractivity contribution in [3.8, 4) is 0 Å². The van der Waals surface area contributed by atoms with E-state index < -0.39 is 0 Å². The molecule has 3 heteroatoms. The Kier molecular flexibility index (Phi) is 5.87. The van der Waals surface area contributed by atoms with Gasteiger partial charge in [-0.15, -0.1) is 11.3 Å². The van der Waals surface area contributed by atoms with Gasteiger partial charge >= 0.3 is 0 Å². The molecule has 0 aliphatic heterocycles. The van der Waals surface area contributed by atoms with E-state index in [1.807, 2.05) is 6.07 Å². The molecule has 3 rings (SSSR count). The molecule has 0 radical (unpaired) electrons. The van der Waals surface area contributed by atoms with Crippen LogP contribution in [0.5, 0.6) is 0 Å². The maximum absolute atomic E-state index is 12.7. The minimum absolute atomic E-state index is 0.0689. The van der Waals surface area contributed by atoms with E-state index in [-0.39, 0.29) is 5.91 Å². The molecule has 25 heavy (non-hydrogen) atoms. The number of benzene rings is 2. The first kappa shape index (κ1) is 17.7. The van der Waals surface area contributed by atoms with Crippen molar-refractivity contribution in [3.05, 3.63) is 70.1 Å². The molecule has 0 atom stereocenters. The zero-order valence-corrected chi connectivity index (χ0v) is 15.8. The minimum atomic E-state index is 0.0689. The van der Waals surface area contributed by atoms with E-state index >= 15 is 0 Å². The number of amides is 1. The fourth-order valence-corrected chi connectivity index (χ4v) is 4.16. The Morgan fingerprint density at radius 1 is 1.04 bits per heavy atom. The second kappa shape index (κ2) is 8.30. The summed E-state index contributed by atoms with van der Waals surface area (Å²) in [7, 11) is 0. The van der Waals surface area contributed by atoms with E-state index in [9.17, 15) is 4.79 Å². The fraction of sp³-hybridized carbons (Fsp3) is 0.318. The van der Waals surface area contributed by atoms with Crippen LogP contribution in [0.3, 0.4) is 0 Å². The normalized spacial score (nSPS) is 11.0. The molecular formula is C22H25NOS. The molecule has 2 aromatic carbocycles. The van der Waals surface area contributed by atoms with Crippen molar-refractivity contribution < 1.29 is 4.79 Å². The number of hydrogen-bond donors (Lipinski definition) is 1. The first-order chi connectivity index (χ1) is 12.2. The van der Waals surface area contributed by atoms with E-state index in [1.165, 1.54) is 21.2 Å². The van der Waals surface area contributed by atoms with Gasteiger partial charge in [0.05, 0.1) is 4.88 Å². The largest absolute Gasteiger partial charge is 0.351 e. The smallest absolute Gasteiger partial charge is 0.261 e. The number of carbonyl (C=O) groups is 1. The Balaban J connectivity index is 1.89. The van der Waals surface area contributed by atoms with Gasteiger partial charge in [-0.1, -0.05) is 67.8 Å². The topological polar surface area (TPSA) is 29.1 Å². The number of unbranched alkanes of at least 4 members (excludes halogenated alkanes) is 2. The lowest BCUT2D eigenvalue weighted by molar-refractivity contribution is 0.0956. The maximum Gasteiger partial charge on any atom is 0.261 e. The summed E-state index contributed by atoms with van der Waals surface area (Å²) in [6.45, 7) is 5.03. The molecule has 0 saturated heterocycles. The summed E-state index contributed by atoms with van der Waals surface area (Å²) in [5, 5.41) is 4.30. The highest BCUT2D eigenvalue weighted by Gasteiger charge is 2.18. The van der Waals surface area contributed by atoms with Crippen LogP contribution in [0.15, 0.2) is 48.5 Å². The van der Waals surface area contributed by atoms with Crippen molar-refractivity contribution >= 4 is 27.3 Å². The zero-order valence-electron chi connectivity index (χ0n) is 15.0.